The molecule has 2 N–H and O–H groups in total. The monoisotopic (exact) mass is 345 g/mol. The van der Waals surface area contributed by atoms with Gasteiger partial charge in [0.15, 0.2) is 11.7 Å². The largest absolute Gasteiger partial charge is 0.359 e. The van der Waals surface area contributed by atoms with Crippen molar-refractivity contribution in [2.24, 2.45) is 4.99 Å². The van der Waals surface area contributed by atoms with E-state index in [1.807, 2.05) is 10.7 Å². The van der Waals surface area contributed by atoms with Crippen LogP contribution in [-0.2, 0) is 19.5 Å². The lowest BCUT2D eigenvalue weighted by Gasteiger charge is -2.25. The SMILES string of the molecule is CCC(CC)c1cc(CNC(=NC)NC2CCc3ncnn3C2)on1. The van der Waals surface area contributed by atoms with Gasteiger partial charge in [0.05, 0.1) is 18.8 Å². The van der Waals surface area contributed by atoms with Gasteiger partial charge < -0.3 is 15.2 Å². The predicted octanol–water partition coefficient (Wildman–Crippen LogP) is 1.85. The third-order valence-electron chi connectivity index (χ3n) is 4.78. The van der Waals surface area contributed by atoms with E-state index in [4.69, 9.17) is 4.52 Å². The minimum absolute atomic E-state index is 0.287. The number of nitrogens with zero attached hydrogens (tertiary/aromatic N) is 5. The Morgan fingerprint density at radius 1 is 1.44 bits per heavy atom. The minimum atomic E-state index is 0.287. The Hall–Kier alpha value is -2.38. The molecule has 3 rings (SSSR count). The molecule has 1 aliphatic heterocycles. The van der Waals surface area contributed by atoms with Crippen molar-refractivity contribution in [3.8, 4) is 0 Å². The van der Waals surface area contributed by atoms with Crippen LogP contribution >= 0.6 is 0 Å². The molecular formula is C17H27N7O. The van der Waals surface area contributed by atoms with Crippen molar-refractivity contribution in [1.29, 1.82) is 0 Å². The molecule has 0 spiro atoms. The van der Waals surface area contributed by atoms with Gasteiger partial charge in [-0.05, 0) is 19.3 Å². The van der Waals surface area contributed by atoms with Crippen molar-refractivity contribution < 1.29 is 4.52 Å². The number of nitrogens with one attached hydrogen (secondary N) is 2. The normalized spacial score (nSPS) is 17.6. The van der Waals surface area contributed by atoms with E-state index in [0.29, 0.717) is 12.5 Å². The fourth-order valence-electron chi connectivity index (χ4n) is 3.23. The molecule has 1 unspecified atom stereocenters. The number of aryl methyl sites for hydroxylation is 1. The average Bonchev–Trinajstić information content (AvgIpc) is 3.28. The molecule has 136 valence electrons. The maximum atomic E-state index is 5.45. The van der Waals surface area contributed by atoms with Crippen LogP contribution in [0.25, 0.3) is 0 Å². The zero-order valence-electron chi connectivity index (χ0n) is 15.2. The van der Waals surface area contributed by atoms with Crippen molar-refractivity contribution >= 4 is 5.96 Å². The molecule has 0 fully saturated rings. The molecule has 0 aromatic carbocycles. The van der Waals surface area contributed by atoms with Crippen LogP contribution in [0.1, 0.15) is 56.3 Å². The smallest absolute Gasteiger partial charge is 0.191 e. The van der Waals surface area contributed by atoms with Gasteiger partial charge in [-0.2, -0.15) is 5.10 Å². The van der Waals surface area contributed by atoms with Gasteiger partial charge in [0, 0.05) is 31.5 Å². The lowest BCUT2D eigenvalue weighted by Crippen LogP contribution is -2.46. The average molecular weight is 345 g/mol. The Morgan fingerprint density at radius 3 is 3.04 bits per heavy atom. The van der Waals surface area contributed by atoms with Gasteiger partial charge in [0.25, 0.3) is 0 Å². The first-order valence-corrected chi connectivity index (χ1v) is 9.02. The molecule has 25 heavy (non-hydrogen) atoms. The van der Waals surface area contributed by atoms with Crippen molar-refractivity contribution in [3.05, 3.63) is 29.7 Å². The molecule has 0 aliphatic carbocycles. The van der Waals surface area contributed by atoms with Crippen LogP contribution in [0.2, 0.25) is 0 Å². The first kappa shape index (κ1) is 17.4. The fourth-order valence-corrected chi connectivity index (χ4v) is 3.23. The molecule has 3 heterocycles. The predicted molar refractivity (Wildman–Crippen MR) is 95.3 cm³/mol. The molecule has 1 aliphatic rings. The van der Waals surface area contributed by atoms with E-state index < -0.39 is 0 Å². The van der Waals surface area contributed by atoms with Gasteiger partial charge in [-0.25, -0.2) is 9.67 Å². The van der Waals surface area contributed by atoms with Crippen LogP contribution in [0, 0.1) is 0 Å². The highest BCUT2D eigenvalue weighted by atomic mass is 16.5. The molecule has 0 saturated carbocycles. The molecule has 1 atom stereocenters. The summed E-state index contributed by atoms with van der Waals surface area (Å²) in [6, 6.07) is 2.33. The highest BCUT2D eigenvalue weighted by molar-refractivity contribution is 5.79. The number of aromatic nitrogens is 4. The summed E-state index contributed by atoms with van der Waals surface area (Å²) in [5.74, 6) is 3.10. The number of hydrogen-bond donors (Lipinski definition) is 2. The summed E-state index contributed by atoms with van der Waals surface area (Å²) < 4.78 is 7.40. The number of guanidine groups is 1. The van der Waals surface area contributed by atoms with E-state index in [1.54, 1.807) is 13.4 Å². The molecular weight excluding hydrogens is 318 g/mol. The Labute approximate surface area is 148 Å². The second kappa shape index (κ2) is 8.13. The summed E-state index contributed by atoms with van der Waals surface area (Å²) in [6.45, 7) is 5.72. The maximum Gasteiger partial charge on any atom is 0.191 e. The van der Waals surface area contributed by atoms with Crippen LogP contribution in [-0.4, -0.2) is 39.0 Å². The molecule has 2 aromatic heterocycles. The number of fused-ring (bicyclic) bond motifs is 1. The van der Waals surface area contributed by atoms with E-state index in [9.17, 15) is 0 Å². The summed E-state index contributed by atoms with van der Waals surface area (Å²) in [7, 11) is 1.77. The van der Waals surface area contributed by atoms with E-state index >= 15 is 0 Å². The van der Waals surface area contributed by atoms with Crippen LogP contribution in [0.3, 0.4) is 0 Å². The first-order valence-electron chi connectivity index (χ1n) is 9.02. The van der Waals surface area contributed by atoms with Crippen LogP contribution in [0.5, 0.6) is 0 Å². The van der Waals surface area contributed by atoms with E-state index in [2.05, 4.69) is 44.7 Å². The molecule has 0 radical (unpaired) electrons. The molecule has 0 bridgehead atoms. The minimum Gasteiger partial charge on any atom is -0.359 e. The van der Waals surface area contributed by atoms with Crippen molar-refractivity contribution in [2.45, 2.75) is 64.6 Å². The lowest BCUT2D eigenvalue weighted by atomic mass is 9.99. The van der Waals surface area contributed by atoms with Gasteiger partial charge in [0.1, 0.15) is 12.2 Å². The zero-order valence-corrected chi connectivity index (χ0v) is 15.2. The number of rotatable bonds is 6. The van der Waals surface area contributed by atoms with Gasteiger partial charge in [-0.3, -0.25) is 4.99 Å². The fraction of sp³-hybridized carbons (Fsp3) is 0.647. The Kier molecular flexibility index (Phi) is 5.67. The second-order valence-corrected chi connectivity index (χ2v) is 6.40. The van der Waals surface area contributed by atoms with Gasteiger partial charge >= 0.3 is 0 Å². The quantitative estimate of drug-likeness (QED) is 0.613. The number of aliphatic imine (C=N–C) groups is 1. The van der Waals surface area contributed by atoms with Crippen LogP contribution in [0.4, 0.5) is 0 Å². The van der Waals surface area contributed by atoms with Crippen LogP contribution < -0.4 is 10.6 Å². The van der Waals surface area contributed by atoms with Crippen molar-refractivity contribution in [1.82, 2.24) is 30.6 Å². The Bertz CT molecular complexity index is 701. The zero-order chi connectivity index (χ0) is 17.6. The van der Waals surface area contributed by atoms with Gasteiger partial charge in [-0.1, -0.05) is 19.0 Å². The first-order chi connectivity index (χ1) is 12.2. The van der Waals surface area contributed by atoms with E-state index in [1.165, 1.54) is 0 Å². The summed E-state index contributed by atoms with van der Waals surface area (Å²) in [6.07, 6.45) is 5.71. The Morgan fingerprint density at radius 2 is 2.28 bits per heavy atom. The molecule has 0 saturated heterocycles. The third-order valence-corrected chi connectivity index (χ3v) is 4.78. The molecule has 0 amide bonds. The number of hydrogen-bond acceptors (Lipinski definition) is 5. The summed E-state index contributed by atoms with van der Waals surface area (Å²) >= 11 is 0. The highest BCUT2D eigenvalue weighted by Gasteiger charge is 2.20. The highest BCUT2D eigenvalue weighted by Crippen LogP contribution is 2.22. The summed E-state index contributed by atoms with van der Waals surface area (Å²) in [5.41, 5.74) is 1.04. The maximum absolute atomic E-state index is 5.45. The summed E-state index contributed by atoms with van der Waals surface area (Å²) in [5, 5.41) is 15.2. The van der Waals surface area contributed by atoms with E-state index in [-0.39, 0.29) is 6.04 Å². The third kappa shape index (κ3) is 4.18. The van der Waals surface area contributed by atoms with Crippen molar-refractivity contribution in [2.75, 3.05) is 7.05 Å². The van der Waals surface area contributed by atoms with Gasteiger partial charge in [0.2, 0.25) is 0 Å². The Balaban J connectivity index is 1.52. The van der Waals surface area contributed by atoms with E-state index in [0.717, 1.165) is 55.5 Å². The molecule has 8 heteroatoms. The van der Waals surface area contributed by atoms with Crippen LogP contribution in [0.15, 0.2) is 21.9 Å². The molecule has 8 nitrogen and oxygen atoms in total. The second-order valence-electron chi connectivity index (χ2n) is 6.40. The standard InChI is InChI=1S/C17H27N7O/c1-4-12(5-2)15-8-14(25-23-15)9-19-17(18-3)22-13-6-7-16-20-11-21-24(16)10-13/h8,11-13H,4-7,9-10H2,1-3H3,(H2,18,19,22). The van der Waals surface area contributed by atoms with Crippen molar-refractivity contribution in [3.63, 3.8) is 0 Å². The molecule has 2 aromatic rings. The lowest BCUT2D eigenvalue weighted by molar-refractivity contribution is 0.365. The van der Waals surface area contributed by atoms with Gasteiger partial charge in [-0.15, -0.1) is 0 Å². The topological polar surface area (TPSA) is 93.2 Å². The summed E-state index contributed by atoms with van der Waals surface area (Å²) in [4.78, 5) is 8.56.